The van der Waals surface area contributed by atoms with Gasteiger partial charge in [-0.3, -0.25) is 14.9 Å². The van der Waals surface area contributed by atoms with Crippen molar-refractivity contribution in [1.82, 2.24) is 15.3 Å². The third kappa shape index (κ3) is 4.00. The number of nitrogens with one attached hydrogen (secondary N) is 2. The van der Waals surface area contributed by atoms with Gasteiger partial charge in [0.1, 0.15) is 5.82 Å². The number of H-pyrrole nitrogens is 1. The third-order valence-electron chi connectivity index (χ3n) is 4.61. The number of nitrogens with zero attached hydrogens (tertiary/aromatic N) is 2. The average molecular weight is 431 g/mol. The second-order valence-electron chi connectivity index (χ2n) is 6.40. The number of halogens is 1. The molecule has 0 aliphatic rings. The smallest absolute Gasteiger partial charge is 0.284 e. The van der Waals surface area contributed by atoms with Gasteiger partial charge in [-0.1, -0.05) is 32.4 Å². The molecule has 0 bridgehead atoms. The molecule has 2 N–H and O–H groups in total. The number of nitro benzene ring substituents is 1. The van der Waals surface area contributed by atoms with Crippen LogP contribution in [0.15, 0.2) is 46.9 Å². The number of imidazole rings is 1. The van der Waals surface area contributed by atoms with Crippen LogP contribution < -0.4 is 5.32 Å². The zero-order chi connectivity index (χ0) is 19.6. The van der Waals surface area contributed by atoms with Crippen LogP contribution in [0.25, 0.3) is 11.0 Å². The SMILES string of the molecule is CCC(C)C(NC(=O)c1ccc(Br)c([N+](=O)[O-])c1)c1nc2ccccc2[nH]1. The van der Waals surface area contributed by atoms with Gasteiger partial charge in [-0.25, -0.2) is 4.98 Å². The average Bonchev–Trinajstić information content (AvgIpc) is 3.09. The van der Waals surface area contributed by atoms with Gasteiger partial charge in [0.2, 0.25) is 0 Å². The van der Waals surface area contributed by atoms with Crippen molar-refractivity contribution in [3.05, 3.63) is 68.4 Å². The van der Waals surface area contributed by atoms with Gasteiger partial charge in [0.25, 0.3) is 11.6 Å². The van der Waals surface area contributed by atoms with Crippen LogP contribution in [0.1, 0.15) is 42.5 Å². The molecule has 3 aromatic rings. The normalized spacial score (nSPS) is 13.3. The van der Waals surface area contributed by atoms with Crippen LogP contribution in [0.3, 0.4) is 0 Å². The van der Waals surface area contributed by atoms with Gasteiger partial charge in [-0.2, -0.15) is 0 Å². The van der Waals surface area contributed by atoms with E-state index in [2.05, 4.69) is 31.2 Å². The van der Waals surface area contributed by atoms with Crippen LogP contribution in [0.4, 0.5) is 5.69 Å². The number of carbonyl (C=O) groups is 1. The molecule has 8 heteroatoms. The summed E-state index contributed by atoms with van der Waals surface area (Å²) in [4.78, 5) is 31.2. The number of hydrogen-bond acceptors (Lipinski definition) is 4. The second-order valence-corrected chi connectivity index (χ2v) is 7.25. The zero-order valence-electron chi connectivity index (χ0n) is 14.9. The predicted molar refractivity (Wildman–Crippen MR) is 107 cm³/mol. The minimum atomic E-state index is -0.522. The van der Waals surface area contributed by atoms with Crippen molar-refractivity contribution in [2.75, 3.05) is 0 Å². The summed E-state index contributed by atoms with van der Waals surface area (Å²) in [6.07, 6.45) is 0.836. The molecule has 2 aromatic carbocycles. The van der Waals surface area contributed by atoms with Gasteiger partial charge in [0.15, 0.2) is 0 Å². The van der Waals surface area contributed by atoms with Crippen molar-refractivity contribution >= 4 is 38.6 Å². The van der Waals surface area contributed by atoms with Gasteiger partial charge >= 0.3 is 0 Å². The molecule has 3 rings (SSSR count). The maximum atomic E-state index is 12.8. The summed E-state index contributed by atoms with van der Waals surface area (Å²) in [6, 6.07) is 11.7. The third-order valence-corrected chi connectivity index (χ3v) is 5.28. The Morgan fingerprint density at radius 2 is 2.07 bits per heavy atom. The van der Waals surface area contributed by atoms with E-state index in [0.717, 1.165) is 17.5 Å². The number of hydrogen-bond donors (Lipinski definition) is 2. The lowest BCUT2D eigenvalue weighted by Crippen LogP contribution is -2.33. The molecule has 140 valence electrons. The summed E-state index contributed by atoms with van der Waals surface area (Å²) in [7, 11) is 0. The quantitative estimate of drug-likeness (QED) is 0.434. The number of aromatic amines is 1. The molecule has 2 unspecified atom stereocenters. The molecule has 0 aliphatic heterocycles. The molecule has 2 atom stereocenters. The van der Waals surface area contributed by atoms with Gasteiger partial charge in [0.05, 0.1) is 26.5 Å². The van der Waals surface area contributed by atoms with Crippen molar-refractivity contribution in [1.29, 1.82) is 0 Å². The fraction of sp³-hybridized carbons (Fsp3) is 0.263. The van der Waals surface area contributed by atoms with Crippen molar-refractivity contribution in [2.45, 2.75) is 26.3 Å². The summed E-state index contributed by atoms with van der Waals surface area (Å²) < 4.78 is 0.333. The highest BCUT2D eigenvalue weighted by Crippen LogP contribution is 2.28. The Balaban J connectivity index is 1.92. The molecule has 0 saturated carbocycles. The Bertz CT molecular complexity index is 969. The molecule has 0 saturated heterocycles. The number of aromatic nitrogens is 2. The molecule has 0 fully saturated rings. The second kappa shape index (κ2) is 7.87. The van der Waals surface area contributed by atoms with Crippen molar-refractivity contribution in [3.63, 3.8) is 0 Å². The fourth-order valence-corrected chi connectivity index (χ4v) is 3.25. The first-order valence-corrected chi connectivity index (χ1v) is 9.39. The minimum absolute atomic E-state index is 0.125. The lowest BCUT2D eigenvalue weighted by molar-refractivity contribution is -0.385. The van der Waals surface area contributed by atoms with Crippen LogP contribution in [0, 0.1) is 16.0 Å². The molecule has 27 heavy (non-hydrogen) atoms. The summed E-state index contributed by atoms with van der Waals surface area (Å²) in [6.45, 7) is 4.07. The van der Waals surface area contributed by atoms with Crippen LogP contribution in [-0.4, -0.2) is 20.8 Å². The monoisotopic (exact) mass is 430 g/mol. The van der Waals surface area contributed by atoms with Crippen LogP contribution in [0.5, 0.6) is 0 Å². The zero-order valence-corrected chi connectivity index (χ0v) is 16.5. The summed E-state index contributed by atoms with van der Waals surface area (Å²) in [5.41, 5.74) is 1.81. The summed E-state index contributed by atoms with van der Waals surface area (Å²) in [5.74, 6) is 0.418. The number of rotatable bonds is 6. The highest BCUT2D eigenvalue weighted by atomic mass is 79.9. The van der Waals surface area contributed by atoms with Crippen LogP contribution in [-0.2, 0) is 0 Å². The number of para-hydroxylation sites is 2. The Morgan fingerprint density at radius 3 is 2.74 bits per heavy atom. The molecule has 1 amide bonds. The molecule has 0 spiro atoms. The molecule has 7 nitrogen and oxygen atoms in total. The fourth-order valence-electron chi connectivity index (χ4n) is 2.85. The first-order valence-electron chi connectivity index (χ1n) is 8.60. The Hall–Kier alpha value is -2.74. The van der Waals surface area contributed by atoms with Crippen LogP contribution >= 0.6 is 15.9 Å². The number of carbonyl (C=O) groups excluding carboxylic acids is 1. The number of amides is 1. The van der Waals surface area contributed by atoms with Crippen molar-refractivity contribution in [3.8, 4) is 0 Å². The van der Waals surface area contributed by atoms with Crippen molar-refractivity contribution in [2.24, 2.45) is 5.92 Å². The maximum absolute atomic E-state index is 12.8. The van der Waals surface area contributed by atoms with E-state index in [1.807, 2.05) is 38.1 Å². The highest BCUT2D eigenvalue weighted by molar-refractivity contribution is 9.10. The first-order chi connectivity index (χ1) is 12.9. The maximum Gasteiger partial charge on any atom is 0.284 e. The van der Waals surface area contributed by atoms with Gasteiger partial charge < -0.3 is 10.3 Å². The lowest BCUT2D eigenvalue weighted by atomic mass is 9.98. The Morgan fingerprint density at radius 1 is 1.33 bits per heavy atom. The summed E-state index contributed by atoms with van der Waals surface area (Å²) >= 11 is 3.13. The van der Waals surface area contributed by atoms with E-state index in [1.165, 1.54) is 12.1 Å². The molecule has 1 heterocycles. The van der Waals surface area contributed by atoms with E-state index in [4.69, 9.17) is 0 Å². The molecule has 0 radical (unpaired) electrons. The van der Waals surface area contributed by atoms with E-state index < -0.39 is 4.92 Å². The van der Waals surface area contributed by atoms with E-state index in [9.17, 15) is 14.9 Å². The number of benzene rings is 2. The molecular weight excluding hydrogens is 412 g/mol. The molecule has 1 aromatic heterocycles. The van der Waals surface area contributed by atoms with Gasteiger partial charge in [0, 0.05) is 11.6 Å². The first kappa shape index (κ1) is 19.0. The van der Waals surface area contributed by atoms with E-state index in [0.29, 0.717) is 10.3 Å². The van der Waals surface area contributed by atoms with Crippen molar-refractivity contribution < 1.29 is 9.72 Å². The topological polar surface area (TPSA) is 101 Å². The van der Waals surface area contributed by atoms with E-state index >= 15 is 0 Å². The van der Waals surface area contributed by atoms with Gasteiger partial charge in [-0.15, -0.1) is 0 Å². The van der Waals surface area contributed by atoms with Gasteiger partial charge in [-0.05, 0) is 46.1 Å². The Labute approximate surface area is 164 Å². The highest BCUT2D eigenvalue weighted by Gasteiger charge is 2.25. The molecule has 0 aliphatic carbocycles. The lowest BCUT2D eigenvalue weighted by Gasteiger charge is -2.22. The van der Waals surface area contributed by atoms with E-state index in [1.54, 1.807) is 6.07 Å². The van der Waals surface area contributed by atoms with Crippen LogP contribution in [0.2, 0.25) is 0 Å². The number of fused-ring (bicyclic) bond motifs is 1. The standard InChI is InChI=1S/C19H19BrN4O3/c1-3-11(2)17(18-21-14-6-4-5-7-15(14)22-18)23-19(25)12-8-9-13(20)16(10-12)24(26)27/h4-11,17H,3H2,1-2H3,(H,21,22)(H,23,25). The largest absolute Gasteiger partial charge is 0.342 e. The predicted octanol–water partition coefficient (Wildman–Crippen LogP) is 4.75. The van der Waals surface area contributed by atoms with E-state index in [-0.39, 0.29) is 29.1 Å². The number of nitro groups is 1. The minimum Gasteiger partial charge on any atom is -0.342 e. The Kier molecular flexibility index (Phi) is 5.55. The molecular formula is C19H19BrN4O3. The summed E-state index contributed by atoms with van der Waals surface area (Å²) in [5, 5.41) is 14.1.